The zero-order valence-corrected chi connectivity index (χ0v) is 15.9. The van der Waals surface area contributed by atoms with Crippen molar-refractivity contribution in [1.82, 2.24) is 15.0 Å². The summed E-state index contributed by atoms with van der Waals surface area (Å²) in [6.45, 7) is 1.97. The van der Waals surface area contributed by atoms with Gasteiger partial charge in [-0.2, -0.15) is 13.2 Å². The Balaban J connectivity index is 1.76. The van der Waals surface area contributed by atoms with E-state index in [1.807, 2.05) is 30.0 Å². The third-order valence-electron chi connectivity index (χ3n) is 4.14. The van der Waals surface area contributed by atoms with E-state index in [-0.39, 0.29) is 5.82 Å². The van der Waals surface area contributed by atoms with Crippen LogP contribution in [0.15, 0.2) is 29.1 Å². The summed E-state index contributed by atoms with van der Waals surface area (Å²) >= 11 is 3.06. The number of aromatic nitrogens is 3. The Labute approximate surface area is 157 Å². The van der Waals surface area contributed by atoms with Gasteiger partial charge >= 0.3 is 6.18 Å². The molecule has 2 aromatic rings. The topological polar surface area (TPSA) is 48.4 Å². The van der Waals surface area contributed by atoms with E-state index in [9.17, 15) is 13.2 Å². The molecular weight excluding hydrogens is 413 g/mol. The molecule has 26 heavy (non-hydrogen) atoms. The fourth-order valence-corrected chi connectivity index (χ4v) is 3.13. The third kappa shape index (κ3) is 4.00. The van der Waals surface area contributed by atoms with Crippen LogP contribution in [-0.2, 0) is 6.18 Å². The Morgan fingerprint density at radius 3 is 2.27 bits per heavy atom. The Hall–Kier alpha value is -2.10. The first-order valence-electron chi connectivity index (χ1n) is 7.97. The van der Waals surface area contributed by atoms with Gasteiger partial charge in [0.25, 0.3) is 0 Å². The summed E-state index contributed by atoms with van der Waals surface area (Å²) < 4.78 is 40.3. The molecule has 0 saturated carbocycles. The molecule has 1 saturated heterocycles. The smallest absolute Gasteiger partial charge is 0.363 e. The molecule has 0 aromatic carbocycles. The summed E-state index contributed by atoms with van der Waals surface area (Å²) in [4.78, 5) is 18.1. The van der Waals surface area contributed by atoms with Crippen molar-refractivity contribution in [2.45, 2.75) is 6.18 Å². The molecule has 0 unspecified atom stereocenters. The van der Waals surface area contributed by atoms with E-state index >= 15 is 0 Å². The van der Waals surface area contributed by atoms with E-state index in [1.165, 1.54) is 12.5 Å². The number of halogens is 4. The lowest BCUT2D eigenvalue weighted by molar-refractivity contribution is -0.137. The lowest BCUT2D eigenvalue weighted by Crippen LogP contribution is -2.47. The van der Waals surface area contributed by atoms with Gasteiger partial charge in [0.2, 0.25) is 0 Å². The second-order valence-corrected chi connectivity index (χ2v) is 7.04. The van der Waals surface area contributed by atoms with Gasteiger partial charge in [-0.25, -0.2) is 15.0 Å². The largest absolute Gasteiger partial charge is 0.419 e. The zero-order chi connectivity index (χ0) is 18.9. The third-order valence-corrected chi connectivity index (χ3v) is 4.57. The minimum Gasteiger partial charge on any atom is -0.363 e. The predicted molar refractivity (Wildman–Crippen MR) is 97.7 cm³/mol. The summed E-state index contributed by atoms with van der Waals surface area (Å²) in [5.41, 5.74) is -0.725. The highest BCUT2D eigenvalue weighted by molar-refractivity contribution is 9.10. The lowest BCUT2D eigenvalue weighted by Gasteiger charge is -2.37. The monoisotopic (exact) mass is 430 g/mol. The Morgan fingerprint density at radius 1 is 1.00 bits per heavy atom. The summed E-state index contributed by atoms with van der Waals surface area (Å²) in [6.07, 6.45) is -1.56. The quantitative estimate of drug-likeness (QED) is 0.745. The number of pyridine rings is 1. The number of hydrogen-bond acceptors (Lipinski definition) is 6. The molecule has 1 fully saturated rings. The van der Waals surface area contributed by atoms with Crippen molar-refractivity contribution in [3.63, 3.8) is 0 Å². The van der Waals surface area contributed by atoms with Gasteiger partial charge in [0.05, 0.1) is 5.56 Å². The van der Waals surface area contributed by atoms with E-state index < -0.39 is 11.7 Å². The van der Waals surface area contributed by atoms with Crippen LogP contribution in [0.4, 0.5) is 30.6 Å². The van der Waals surface area contributed by atoms with Crippen LogP contribution in [0.3, 0.4) is 0 Å². The lowest BCUT2D eigenvalue weighted by atomic mass is 10.2. The van der Waals surface area contributed by atoms with Gasteiger partial charge in [-0.3, -0.25) is 0 Å². The van der Waals surface area contributed by atoms with Crippen LogP contribution in [0.1, 0.15) is 5.56 Å². The summed E-state index contributed by atoms with van der Waals surface area (Å²) in [7, 11) is 3.78. The second-order valence-electron chi connectivity index (χ2n) is 6.13. The average molecular weight is 431 g/mol. The molecule has 0 spiro atoms. The van der Waals surface area contributed by atoms with Crippen molar-refractivity contribution in [3.05, 3.63) is 34.7 Å². The number of piperazine rings is 1. The molecule has 140 valence electrons. The van der Waals surface area contributed by atoms with Crippen molar-refractivity contribution in [2.75, 3.05) is 55.0 Å². The minimum absolute atomic E-state index is 0.0305. The van der Waals surface area contributed by atoms with Gasteiger partial charge in [0, 0.05) is 57.0 Å². The van der Waals surface area contributed by atoms with Crippen molar-refractivity contribution in [2.24, 2.45) is 0 Å². The maximum atomic E-state index is 13.3. The molecule has 0 atom stereocenters. The molecule has 1 aliphatic heterocycles. The van der Waals surface area contributed by atoms with Crippen molar-refractivity contribution in [1.29, 1.82) is 0 Å². The van der Waals surface area contributed by atoms with E-state index in [4.69, 9.17) is 0 Å². The molecule has 0 bridgehead atoms. The van der Waals surface area contributed by atoms with Gasteiger partial charge in [-0.1, -0.05) is 0 Å². The highest BCUT2D eigenvalue weighted by Gasteiger charge is 2.36. The van der Waals surface area contributed by atoms with Crippen LogP contribution < -0.4 is 14.7 Å². The number of rotatable bonds is 3. The Kier molecular flexibility index (Phi) is 5.22. The second kappa shape index (κ2) is 7.26. The summed E-state index contributed by atoms with van der Waals surface area (Å²) in [6, 6.07) is 2.94. The van der Waals surface area contributed by atoms with Gasteiger partial charge in [0.15, 0.2) is 0 Å². The molecule has 1 aliphatic rings. The molecule has 2 aromatic heterocycles. The van der Waals surface area contributed by atoms with E-state index in [0.29, 0.717) is 30.7 Å². The molecule has 3 heterocycles. The van der Waals surface area contributed by atoms with E-state index in [0.717, 1.165) is 17.7 Å². The molecule has 0 amide bonds. The molecule has 3 rings (SSSR count). The van der Waals surface area contributed by atoms with Crippen LogP contribution in [-0.4, -0.2) is 55.2 Å². The van der Waals surface area contributed by atoms with Crippen molar-refractivity contribution >= 4 is 33.4 Å². The standard InChI is InChI=1S/C16H18BrF3N6/c1-24(2)13-8-14(23-10-22-13)25-3-5-26(6-4-25)15-12(16(18,19)20)7-11(17)9-21-15/h7-10H,3-6H2,1-2H3. The fraction of sp³-hybridized carbons (Fsp3) is 0.438. The predicted octanol–water partition coefficient (Wildman–Crippen LogP) is 3.05. The number of hydrogen-bond donors (Lipinski definition) is 0. The average Bonchev–Trinajstić information content (AvgIpc) is 2.61. The highest BCUT2D eigenvalue weighted by Crippen LogP contribution is 2.37. The number of alkyl halides is 3. The molecule has 0 aliphatic carbocycles. The van der Waals surface area contributed by atoms with Gasteiger partial charge in [0.1, 0.15) is 23.8 Å². The first kappa shape index (κ1) is 18.7. The zero-order valence-electron chi connectivity index (χ0n) is 14.3. The van der Waals surface area contributed by atoms with Gasteiger partial charge in [-0.15, -0.1) is 0 Å². The maximum Gasteiger partial charge on any atom is 0.419 e. The van der Waals surface area contributed by atoms with Crippen molar-refractivity contribution < 1.29 is 13.2 Å². The SMILES string of the molecule is CN(C)c1cc(N2CCN(c3ncc(Br)cc3C(F)(F)F)CC2)ncn1. The molecule has 6 nitrogen and oxygen atoms in total. The molecule has 0 radical (unpaired) electrons. The first-order chi connectivity index (χ1) is 12.3. The van der Waals surface area contributed by atoms with E-state index in [2.05, 4.69) is 30.9 Å². The molecular formula is C16H18BrF3N6. The molecule has 10 heteroatoms. The first-order valence-corrected chi connectivity index (χ1v) is 8.77. The minimum atomic E-state index is -4.45. The van der Waals surface area contributed by atoms with Crippen LogP contribution in [0, 0.1) is 0 Å². The Bertz CT molecular complexity index is 775. The van der Waals surface area contributed by atoms with Gasteiger partial charge < -0.3 is 14.7 Å². The van der Waals surface area contributed by atoms with Gasteiger partial charge in [-0.05, 0) is 22.0 Å². The van der Waals surface area contributed by atoms with E-state index in [1.54, 1.807) is 4.90 Å². The van der Waals surface area contributed by atoms with Crippen LogP contribution in [0.2, 0.25) is 0 Å². The number of nitrogens with zero attached hydrogens (tertiary/aromatic N) is 6. The highest BCUT2D eigenvalue weighted by atomic mass is 79.9. The number of anilines is 3. The summed E-state index contributed by atoms with van der Waals surface area (Å²) in [5.74, 6) is 1.52. The van der Waals surface area contributed by atoms with Crippen LogP contribution in [0.5, 0.6) is 0 Å². The van der Waals surface area contributed by atoms with Crippen LogP contribution >= 0.6 is 15.9 Å². The van der Waals surface area contributed by atoms with Crippen molar-refractivity contribution in [3.8, 4) is 0 Å². The normalized spacial score (nSPS) is 15.3. The van der Waals surface area contributed by atoms with Crippen LogP contribution in [0.25, 0.3) is 0 Å². The fourth-order valence-electron chi connectivity index (χ4n) is 2.79. The maximum absolute atomic E-state index is 13.3. The summed E-state index contributed by atoms with van der Waals surface area (Å²) in [5, 5.41) is 0. The molecule has 0 N–H and O–H groups in total. The Morgan fingerprint density at radius 2 is 1.65 bits per heavy atom.